The van der Waals surface area contributed by atoms with Crippen molar-refractivity contribution in [2.45, 2.75) is 58.2 Å². The predicted molar refractivity (Wildman–Crippen MR) is 122 cm³/mol. The lowest BCUT2D eigenvalue weighted by molar-refractivity contribution is -0.137. The molecule has 3 heterocycles. The van der Waals surface area contributed by atoms with E-state index in [-0.39, 0.29) is 23.3 Å². The topological polar surface area (TPSA) is 53.1 Å². The molecule has 9 heteroatoms. The zero-order chi connectivity index (χ0) is 24.7. The van der Waals surface area contributed by atoms with Gasteiger partial charge in [-0.05, 0) is 64.7 Å². The second-order valence-corrected chi connectivity index (χ2v) is 11.0. The highest BCUT2D eigenvalue weighted by molar-refractivity contribution is 5.79. The number of halogens is 3. The molecule has 0 aliphatic carbocycles. The zero-order valence-electron chi connectivity index (χ0n) is 20.2. The van der Waals surface area contributed by atoms with Crippen LogP contribution in [0.1, 0.15) is 52.0 Å². The van der Waals surface area contributed by atoms with Crippen LogP contribution in [0.3, 0.4) is 0 Å². The van der Waals surface area contributed by atoms with Gasteiger partial charge in [0.2, 0.25) is 5.91 Å². The van der Waals surface area contributed by atoms with Crippen molar-refractivity contribution in [2.24, 2.45) is 11.3 Å². The fourth-order valence-electron chi connectivity index (χ4n) is 5.40. The van der Waals surface area contributed by atoms with Crippen molar-refractivity contribution in [1.82, 2.24) is 9.80 Å². The maximum atomic E-state index is 13.2. The Hall–Kier alpha value is -2.45. The highest BCUT2D eigenvalue weighted by Gasteiger charge is 2.47. The summed E-state index contributed by atoms with van der Waals surface area (Å²) in [7, 11) is 0. The number of anilines is 1. The van der Waals surface area contributed by atoms with E-state index in [1.165, 1.54) is 12.1 Å². The average molecular weight is 482 g/mol. The Kier molecular flexibility index (Phi) is 6.50. The van der Waals surface area contributed by atoms with Crippen LogP contribution in [-0.4, -0.2) is 66.7 Å². The van der Waals surface area contributed by atoms with Crippen molar-refractivity contribution in [1.29, 1.82) is 0 Å². The number of carbonyl (C=O) groups excluding carboxylic acids is 2. The van der Waals surface area contributed by atoms with E-state index in [0.717, 1.165) is 18.9 Å². The molecule has 3 aliphatic rings. The smallest absolute Gasteiger partial charge is 0.416 e. The van der Waals surface area contributed by atoms with Gasteiger partial charge in [-0.25, -0.2) is 4.79 Å². The lowest BCUT2D eigenvalue weighted by atomic mass is 9.86. The van der Waals surface area contributed by atoms with Crippen LogP contribution in [0.2, 0.25) is 0 Å². The minimum Gasteiger partial charge on any atom is -0.444 e. The van der Waals surface area contributed by atoms with Gasteiger partial charge in [-0.15, -0.1) is 0 Å². The summed E-state index contributed by atoms with van der Waals surface area (Å²) in [4.78, 5) is 31.3. The molecule has 0 saturated carbocycles. The van der Waals surface area contributed by atoms with Crippen molar-refractivity contribution in [3.63, 3.8) is 0 Å². The normalized spacial score (nSPS) is 24.2. The van der Waals surface area contributed by atoms with Gasteiger partial charge in [-0.1, -0.05) is 6.07 Å². The number of benzene rings is 1. The molecule has 2 amide bonds. The first-order chi connectivity index (χ1) is 15.9. The summed E-state index contributed by atoms with van der Waals surface area (Å²) in [5, 5.41) is 0. The number of nitrogens with zero attached hydrogens (tertiary/aromatic N) is 3. The monoisotopic (exact) mass is 481 g/mol. The number of hydrogen-bond acceptors (Lipinski definition) is 4. The van der Waals surface area contributed by atoms with Gasteiger partial charge in [-0.2, -0.15) is 13.2 Å². The molecule has 0 aromatic heterocycles. The van der Waals surface area contributed by atoms with Crippen molar-refractivity contribution < 1.29 is 27.5 Å². The van der Waals surface area contributed by atoms with Crippen molar-refractivity contribution in [3.05, 3.63) is 29.8 Å². The number of alkyl halides is 3. The Balaban J connectivity index is 1.30. The Bertz CT molecular complexity index is 922. The van der Waals surface area contributed by atoms with Crippen LogP contribution in [0, 0.1) is 11.3 Å². The number of rotatable bonds is 2. The quantitative estimate of drug-likeness (QED) is 0.610. The predicted octanol–water partition coefficient (Wildman–Crippen LogP) is 4.78. The Morgan fingerprint density at radius 1 is 0.971 bits per heavy atom. The molecule has 6 nitrogen and oxygen atoms in total. The summed E-state index contributed by atoms with van der Waals surface area (Å²) < 4.78 is 44.6. The second kappa shape index (κ2) is 8.96. The first-order valence-corrected chi connectivity index (χ1v) is 12.0. The summed E-state index contributed by atoms with van der Waals surface area (Å²) in [6, 6.07) is 5.39. The molecule has 1 unspecified atom stereocenters. The molecule has 3 aliphatic heterocycles. The lowest BCUT2D eigenvalue weighted by Crippen LogP contribution is -2.43. The lowest BCUT2D eigenvalue weighted by Gasteiger charge is -2.35. The number of piperidine rings is 1. The third-order valence-electron chi connectivity index (χ3n) is 7.22. The molecule has 188 valence electrons. The Morgan fingerprint density at radius 3 is 2.21 bits per heavy atom. The number of ether oxygens (including phenoxy) is 1. The van der Waals surface area contributed by atoms with E-state index < -0.39 is 17.3 Å². The summed E-state index contributed by atoms with van der Waals surface area (Å²) in [6.45, 7) is 9.27. The van der Waals surface area contributed by atoms with Crippen LogP contribution < -0.4 is 4.90 Å². The number of amides is 2. The van der Waals surface area contributed by atoms with Crippen molar-refractivity contribution >= 4 is 17.7 Å². The maximum Gasteiger partial charge on any atom is 0.416 e. The number of hydrogen-bond donors (Lipinski definition) is 0. The summed E-state index contributed by atoms with van der Waals surface area (Å²) in [6.07, 6.45) is -1.66. The van der Waals surface area contributed by atoms with Gasteiger partial charge in [0, 0.05) is 56.3 Å². The SMILES string of the molecule is CC(C)(C)OC(=O)N1CCC2(CCN(C(=O)C3CCN(c4cccc(C(F)(F)F)c4)CC3)C2)C1. The van der Waals surface area contributed by atoms with E-state index in [2.05, 4.69) is 0 Å². The maximum absolute atomic E-state index is 13.2. The van der Waals surface area contributed by atoms with Crippen LogP contribution >= 0.6 is 0 Å². The highest BCUT2D eigenvalue weighted by Crippen LogP contribution is 2.41. The van der Waals surface area contributed by atoms with Crippen LogP contribution in [0.15, 0.2) is 24.3 Å². The van der Waals surface area contributed by atoms with Gasteiger partial charge >= 0.3 is 12.3 Å². The van der Waals surface area contributed by atoms with Crippen molar-refractivity contribution in [3.8, 4) is 0 Å². The molecule has 0 N–H and O–H groups in total. The zero-order valence-corrected chi connectivity index (χ0v) is 20.2. The molecule has 0 radical (unpaired) electrons. The summed E-state index contributed by atoms with van der Waals surface area (Å²) in [5.41, 5.74) is -0.699. The minimum atomic E-state index is -4.37. The van der Waals surface area contributed by atoms with E-state index in [9.17, 15) is 22.8 Å². The van der Waals surface area contributed by atoms with E-state index in [0.29, 0.717) is 57.8 Å². The van der Waals surface area contributed by atoms with E-state index in [1.807, 2.05) is 30.6 Å². The Labute approximate surface area is 199 Å². The van der Waals surface area contributed by atoms with Gasteiger partial charge in [-0.3, -0.25) is 4.79 Å². The summed E-state index contributed by atoms with van der Waals surface area (Å²) in [5.74, 6) is 0.0249. The molecule has 0 bridgehead atoms. The molecule has 1 atom stereocenters. The fourth-order valence-corrected chi connectivity index (χ4v) is 5.40. The third-order valence-corrected chi connectivity index (χ3v) is 7.22. The molecule has 1 aromatic rings. The molecule has 3 fully saturated rings. The molecule has 1 spiro atoms. The minimum absolute atomic E-state index is 0.0642. The molecule has 34 heavy (non-hydrogen) atoms. The third kappa shape index (κ3) is 5.44. The molecule has 3 saturated heterocycles. The van der Waals surface area contributed by atoms with Gasteiger partial charge in [0.25, 0.3) is 0 Å². The van der Waals surface area contributed by atoms with Crippen LogP contribution in [0.4, 0.5) is 23.7 Å². The van der Waals surface area contributed by atoms with E-state index in [1.54, 1.807) is 11.0 Å². The summed E-state index contributed by atoms with van der Waals surface area (Å²) >= 11 is 0. The molecular weight excluding hydrogens is 447 g/mol. The first kappa shape index (κ1) is 24.7. The second-order valence-electron chi connectivity index (χ2n) is 11.0. The number of likely N-dealkylation sites (tertiary alicyclic amines) is 2. The van der Waals surface area contributed by atoms with Crippen LogP contribution in [0.25, 0.3) is 0 Å². The molecule has 1 aromatic carbocycles. The van der Waals surface area contributed by atoms with Crippen LogP contribution in [-0.2, 0) is 15.7 Å². The van der Waals surface area contributed by atoms with E-state index in [4.69, 9.17) is 4.74 Å². The van der Waals surface area contributed by atoms with Gasteiger partial charge in [0.15, 0.2) is 0 Å². The van der Waals surface area contributed by atoms with Gasteiger partial charge in [0.1, 0.15) is 5.60 Å². The van der Waals surface area contributed by atoms with E-state index >= 15 is 0 Å². The van der Waals surface area contributed by atoms with Gasteiger partial charge < -0.3 is 19.4 Å². The van der Waals surface area contributed by atoms with Gasteiger partial charge in [0.05, 0.1) is 5.56 Å². The first-order valence-electron chi connectivity index (χ1n) is 12.0. The number of carbonyl (C=O) groups is 2. The standard InChI is InChI=1S/C25H34F3N3O3/c1-23(2,3)34-22(33)31-14-10-24(17-31)9-13-30(16-24)21(32)18-7-11-29(12-8-18)20-6-4-5-19(15-20)25(26,27)28/h4-6,15,18H,7-14,16-17H2,1-3H3. The largest absolute Gasteiger partial charge is 0.444 e. The highest BCUT2D eigenvalue weighted by atomic mass is 19.4. The fraction of sp³-hybridized carbons (Fsp3) is 0.680. The van der Waals surface area contributed by atoms with Crippen LogP contribution in [0.5, 0.6) is 0 Å². The average Bonchev–Trinajstić information content (AvgIpc) is 3.39. The Morgan fingerprint density at radius 2 is 1.59 bits per heavy atom. The van der Waals surface area contributed by atoms with Crippen molar-refractivity contribution in [2.75, 3.05) is 44.2 Å². The molecular formula is C25H34F3N3O3. The molecule has 4 rings (SSSR count).